The Morgan fingerprint density at radius 1 is 1.20 bits per heavy atom. The SMILES string of the molecule is O=C(CN1CCOC1=O)N1CCC(c2ccc3cccnc3n2)CC1. The normalized spacial score (nSPS) is 18.6. The predicted octanol–water partition coefficient (Wildman–Crippen LogP) is 1.79. The topological polar surface area (TPSA) is 75.6 Å². The number of piperidine rings is 1. The van der Waals surface area contributed by atoms with Crippen LogP contribution in [0.5, 0.6) is 0 Å². The summed E-state index contributed by atoms with van der Waals surface area (Å²) in [6, 6.07) is 8.03. The molecule has 4 heterocycles. The molecule has 7 nitrogen and oxygen atoms in total. The first kappa shape index (κ1) is 15.8. The lowest BCUT2D eigenvalue weighted by Crippen LogP contribution is -2.44. The molecule has 0 N–H and O–H groups in total. The van der Waals surface area contributed by atoms with Crippen molar-refractivity contribution in [2.75, 3.05) is 32.8 Å². The van der Waals surface area contributed by atoms with Crippen LogP contribution in [0.4, 0.5) is 4.79 Å². The highest BCUT2D eigenvalue weighted by Gasteiger charge is 2.29. The van der Waals surface area contributed by atoms with E-state index in [1.54, 1.807) is 6.20 Å². The fraction of sp³-hybridized carbons (Fsp3) is 0.444. The highest BCUT2D eigenvalue weighted by molar-refractivity contribution is 5.83. The molecule has 2 amide bonds. The summed E-state index contributed by atoms with van der Waals surface area (Å²) in [5, 5.41) is 1.04. The minimum atomic E-state index is -0.393. The van der Waals surface area contributed by atoms with Crippen LogP contribution >= 0.6 is 0 Å². The zero-order valence-corrected chi connectivity index (χ0v) is 13.9. The van der Waals surface area contributed by atoms with E-state index in [4.69, 9.17) is 4.74 Å². The van der Waals surface area contributed by atoms with Gasteiger partial charge in [0.1, 0.15) is 13.2 Å². The minimum absolute atomic E-state index is 0.00885. The van der Waals surface area contributed by atoms with Gasteiger partial charge < -0.3 is 9.64 Å². The maximum Gasteiger partial charge on any atom is 0.410 e. The fourth-order valence-corrected chi connectivity index (χ4v) is 3.45. The van der Waals surface area contributed by atoms with Crippen LogP contribution < -0.4 is 0 Å². The van der Waals surface area contributed by atoms with E-state index in [1.165, 1.54) is 4.90 Å². The number of carbonyl (C=O) groups is 2. The zero-order chi connectivity index (χ0) is 17.2. The molecule has 4 rings (SSSR count). The third-order valence-corrected chi connectivity index (χ3v) is 4.92. The number of amides is 2. The molecule has 2 aromatic heterocycles. The van der Waals surface area contributed by atoms with Crippen LogP contribution in [0.25, 0.3) is 11.0 Å². The molecule has 0 atom stereocenters. The van der Waals surface area contributed by atoms with Crippen LogP contribution in [0.2, 0.25) is 0 Å². The third-order valence-electron chi connectivity index (χ3n) is 4.92. The molecular formula is C18H20N4O3. The summed E-state index contributed by atoms with van der Waals surface area (Å²) in [6.45, 7) is 2.36. The second-order valence-corrected chi connectivity index (χ2v) is 6.48. The van der Waals surface area contributed by atoms with Crippen molar-refractivity contribution in [1.82, 2.24) is 19.8 Å². The quantitative estimate of drug-likeness (QED) is 0.851. The third kappa shape index (κ3) is 3.26. The molecule has 130 valence electrons. The highest BCUT2D eigenvalue weighted by Crippen LogP contribution is 2.28. The van der Waals surface area contributed by atoms with Gasteiger partial charge in [-0.2, -0.15) is 0 Å². The van der Waals surface area contributed by atoms with Crippen molar-refractivity contribution in [2.24, 2.45) is 0 Å². The predicted molar refractivity (Wildman–Crippen MR) is 91.0 cm³/mol. The van der Waals surface area contributed by atoms with Crippen LogP contribution in [0, 0.1) is 0 Å². The summed E-state index contributed by atoms with van der Waals surface area (Å²) in [5.74, 6) is 0.331. The molecule has 0 aromatic carbocycles. The maximum atomic E-state index is 12.4. The second kappa shape index (κ2) is 6.66. The van der Waals surface area contributed by atoms with E-state index in [2.05, 4.69) is 22.1 Å². The Morgan fingerprint density at radius 2 is 2.04 bits per heavy atom. The van der Waals surface area contributed by atoms with E-state index < -0.39 is 6.09 Å². The Hall–Kier alpha value is -2.70. The van der Waals surface area contributed by atoms with Crippen molar-refractivity contribution in [3.63, 3.8) is 0 Å². The number of aromatic nitrogens is 2. The molecule has 0 unspecified atom stereocenters. The van der Waals surface area contributed by atoms with Gasteiger partial charge in [-0.3, -0.25) is 9.69 Å². The number of carbonyl (C=O) groups excluding carboxylic acids is 2. The van der Waals surface area contributed by atoms with E-state index in [1.807, 2.05) is 17.0 Å². The Labute approximate surface area is 145 Å². The molecule has 2 aliphatic rings. The Bertz CT molecular complexity index is 802. The number of ether oxygens (including phenoxy) is 1. The molecule has 7 heteroatoms. The summed E-state index contributed by atoms with van der Waals surface area (Å²) < 4.78 is 4.87. The van der Waals surface area contributed by atoms with Gasteiger partial charge >= 0.3 is 6.09 Å². The molecule has 25 heavy (non-hydrogen) atoms. The largest absolute Gasteiger partial charge is 0.448 e. The van der Waals surface area contributed by atoms with Gasteiger partial charge in [0, 0.05) is 36.3 Å². The highest BCUT2D eigenvalue weighted by atomic mass is 16.6. The first-order valence-electron chi connectivity index (χ1n) is 8.62. The van der Waals surface area contributed by atoms with E-state index in [-0.39, 0.29) is 12.5 Å². The average molecular weight is 340 g/mol. The number of hydrogen-bond acceptors (Lipinski definition) is 5. The second-order valence-electron chi connectivity index (χ2n) is 6.48. The Morgan fingerprint density at radius 3 is 2.80 bits per heavy atom. The van der Waals surface area contributed by atoms with Gasteiger partial charge in [-0.15, -0.1) is 0 Å². The van der Waals surface area contributed by atoms with Crippen LogP contribution in [-0.4, -0.2) is 64.6 Å². The average Bonchev–Trinajstić information content (AvgIpc) is 3.06. The fourth-order valence-electron chi connectivity index (χ4n) is 3.45. The van der Waals surface area contributed by atoms with Gasteiger partial charge in [-0.05, 0) is 37.1 Å². The monoisotopic (exact) mass is 340 g/mol. The number of hydrogen-bond donors (Lipinski definition) is 0. The standard InChI is InChI=1S/C18H20N4O3/c23-16(12-22-10-11-25-18(22)24)21-8-5-13(6-9-21)15-4-3-14-2-1-7-19-17(14)20-15/h1-4,7,13H,5-6,8-12H2. The van der Waals surface area contributed by atoms with Crippen LogP contribution in [-0.2, 0) is 9.53 Å². The van der Waals surface area contributed by atoms with Crippen LogP contribution in [0.3, 0.4) is 0 Å². The number of fused-ring (bicyclic) bond motifs is 1. The summed E-state index contributed by atoms with van der Waals surface area (Å²) in [4.78, 5) is 36.1. The van der Waals surface area contributed by atoms with Gasteiger partial charge in [-0.25, -0.2) is 14.8 Å². The molecule has 2 aliphatic heterocycles. The van der Waals surface area contributed by atoms with Crippen molar-refractivity contribution in [3.05, 3.63) is 36.2 Å². The maximum absolute atomic E-state index is 12.4. The molecule has 0 bridgehead atoms. The van der Waals surface area contributed by atoms with Crippen LogP contribution in [0.15, 0.2) is 30.5 Å². The van der Waals surface area contributed by atoms with Gasteiger partial charge in [0.15, 0.2) is 5.65 Å². The van der Waals surface area contributed by atoms with Crippen molar-refractivity contribution >= 4 is 23.0 Å². The molecule has 2 fully saturated rings. The smallest absolute Gasteiger partial charge is 0.410 e. The molecule has 0 aliphatic carbocycles. The molecule has 2 saturated heterocycles. The van der Waals surface area contributed by atoms with Crippen molar-refractivity contribution < 1.29 is 14.3 Å². The lowest BCUT2D eigenvalue weighted by molar-refractivity contribution is -0.132. The zero-order valence-electron chi connectivity index (χ0n) is 13.9. The molecule has 0 saturated carbocycles. The lowest BCUT2D eigenvalue weighted by atomic mass is 9.93. The number of likely N-dealkylation sites (tertiary alicyclic amines) is 1. The van der Waals surface area contributed by atoms with Gasteiger partial charge in [0.25, 0.3) is 0 Å². The Balaban J connectivity index is 1.37. The molecular weight excluding hydrogens is 320 g/mol. The number of rotatable bonds is 3. The minimum Gasteiger partial charge on any atom is -0.448 e. The summed E-state index contributed by atoms with van der Waals surface area (Å²) >= 11 is 0. The Kier molecular flexibility index (Phi) is 4.21. The van der Waals surface area contributed by atoms with E-state index >= 15 is 0 Å². The van der Waals surface area contributed by atoms with Crippen molar-refractivity contribution in [1.29, 1.82) is 0 Å². The first-order valence-corrected chi connectivity index (χ1v) is 8.62. The van der Waals surface area contributed by atoms with E-state index in [0.717, 1.165) is 29.6 Å². The van der Waals surface area contributed by atoms with Gasteiger partial charge in [0.05, 0.1) is 6.54 Å². The summed E-state index contributed by atoms with van der Waals surface area (Å²) in [7, 11) is 0. The van der Waals surface area contributed by atoms with Crippen LogP contribution in [0.1, 0.15) is 24.5 Å². The first-order chi connectivity index (χ1) is 12.2. The van der Waals surface area contributed by atoms with E-state index in [0.29, 0.717) is 32.2 Å². The molecule has 0 spiro atoms. The molecule has 0 radical (unpaired) electrons. The summed E-state index contributed by atoms with van der Waals surface area (Å²) in [5.41, 5.74) is 1.81. The molecule has 2 aromatic rings. The number of nitrogens with zero attached hydrogens (tertiary/aromatic N) is 4. The van der Waals surface area contributed by atoms with E-state index in [9.17, 15) is 9.59 Å². The van der Waals surface area contributed by atoms with Gasteiger partial charge in [0.2, 0.25) is 5.91 Å². The summed E-state index contributed by atoms with van der Waals surface area (Å²) in [6.07, 6.45) is 3.11. The van der Waals surface area contributed by atoms with Crippen molar-refractivity contribution in [2.45, 2.75) is 18.8 Å². The van der Waals surface area contributed by atoms with Gasteiger partial charge in [-0.1, -0.05) is 0 Å². The number of cyclic esters (lactones) is 1. The number of pyridine rings is 2. The van der Waals surface area contributed by atoms with Crippen molar-refractivity contribution in [3.8, 4) is 0 Å². The lowest BCUT2D eigenvalue weighted by Gasteiger charge is -2.32.